The van der Waals surface area contributed by atoms with Crippen LogP contribution in [0.15, 0.2) is 36.4 Å². The van der Waals surface area contributed by atoms with Crippen LogP contribution >= 0.6 is 35.4 Å². The normalized spacial score (nSPS) is 10.0. The minimum Gasteiger partial charge on any atom is -0.497 e. The molecular weight excluding hydrogens is 329 g/mol. The molecule has 110 valence electrons. The number of thiocarbonyl (C=S) groups is 1. The van der Waals surface area contributed by atoms with Crippen molar-refractivity contribution in [2.45, 2.75) is 0 Å². The molecule has 4 N–H and O–H groups in total. The lowest BCUT2D eigenvalue weighted by molar-refractivity contribution is 0.415. The van der Waals surface area contributed by atoms with E-state index >= 15 is 0 Å². The Labute approximate surface area is 138 Å². The Morgan fingerprint density at radius 3 is 2.43 bits per heavy atom. The smallest absolute Gasteiger partial charge is 0.175 e. The second-order valence-corrected chi connectivity index (χ2v) is 5.35. The zero-order chi connectivity index (χ0) is 15.4. The lowest BCUT2D eigenvalue weighted by Crippen LogP contribution is -2.20. The predicted molar refractivity (Wildman–Crippen MR) is 93.7 cm³/mol. The molecule has 4 nitrogen and oxygen atoms in total. The SMILES string of the molecule is COc1ccc(N)c(NC(=S)Nc2c(Cl)cccc2Cl)c1. The molecule has 7 heteroatoms. The Balaban J connectivity index is 2.15. The minimum absolute atomic E-state index is 0.324. The van der Waals surface area contributed by atoms with Gasteiger partial charge in [0, 0.05) is 6.07 Å². The quantitative estimate of drug-likeness (QED) is 0.570. The van der Waals surface area contributed by atoms with Crippen LogP contribution in [0, 0.1) is 0 Å². The van der Waals surface area contributed by atoms with E-state index in [0.29, 0.717) is 38.0 Å². The number of anilines is 3. The molecular formula is C14H13Cl2N3OS. The Morgan fingerprint density at radius 1 is 1.14 bits per heavy atom. The first kappa shape index (κ1) is 15.7. The fourth-order valence-electron chi connectivity index (χ4n) is 1.65. The molecule has 0 fully saturated rings. The third kappa shape index (κ3) is 3.91. The number of para-hydroxylation sites is 1. The number of hydrogen-bond acceptors (Lipinski definition) is 3. The van der Waals surface area contributed by atoms with Gasteiger partial charge in [0.2, 0.25) is 0 Å². The summed E-state index contributed by atoms with van der Waals surface area (Å²) in [5.74, 6) is 0.672. The number of nitrogens with two attached hydrogens (primary N) is 1. The number of methoxy groups -OCH3 is 1. The molecule has 21 heavy (non-hydrogen) atoms. The van der Waals surface area contributed by atoms with E-state index in [1.165, 1.54) is 0 Å². The number of ether oxygens (including phenoxy) is 1. The van der Waals surface area contributed by atoms with Gasteiger partial charge < -0.3 is 21.1 Å². The third-order valence-corrected chi connectivity index (χ3v) is 3.54. The second kappa shape index (κ2) is 6.85. The summed E-state index contributed by atoms with van der Waals surface area (Å²) >= 11 is 17.4. The monoisotopic (exact) mass is 341 g/mol. The van der Waals surface area contributed by atoms with Crippen LogP contribution < -0.4 is 21.1 Å². The van der Waals surface area contributed by atoms with Gasteiger partial charge in [-0.1, -0.05) is 29.3 Å². The highest BCUT2D eigenvalue weighted by molar-refractivity contribution is 7.80. The maximum absolute atomic E-state index is 6.08. The molecule has 0 aliphatic heterocycles. The van der Waals surface area contributed by atoms with Crippen LogP contribution in [0.2, 0.25) is 10.0 Å². The van der Waals surface area contributed by atoms with E-state index < -0.39 is 0 Å². The van der Waals surface area contributed by atoms with Gasteiger partial charge in [0.15, 0.2) is 5.11 Å². The zero-order valence-electron chi connectivity index (χ0n) is 11.1. The molecule has 0 saturated heterocycles. The number of rotatable bonds is 3. The van der Waals surface area contributed by atoms with E-state index in [9.17, 15) is 0 Å². The number of halogens is 2. The van der Waals surface area contributed by atoms with Crippen molar-refractivity contribution in [2.24, 2.45) is 0 Å². The van der Waals surface area contributed by atoms with Crippen molar-refractivity contribution >= 4 is 57.6 Å². The van der Waals surface area contributed by atoms with Crippen LogP contribution in [0.3, 0.4) is 0 Å². The summed E-state index contributed by atoms with van der Waals surface area (Å²) in [5.41, 5.74) is 7.61. The lowest BCUT2D eigenvalue weighted by atomic mass is 10.2. The van der Waals surface area contributed by atoms with E-state index in [2.05, 4.69) is 10.6 Å². The Hall–Kier alpha value is -1.69. The number of nitrogens with one attached hydrogen (secondary N) is 2. The topological polar surface area (TPSA) is 59.3 Å². The molecule has 0 radical (unpaired) electrons. The maximum atomic E-state index is 6.08. The van der Waals surface area contributed by atoms with Crippen molar-refractivity contribution in [1.29, 1.82) is 0 Å². The van der Waals surface area contributed by atoms with Crippen molar-refractivity contribution in [3.8, 4) is 5.75 Å². The van der Waals surface area contributed by atoms with E-state index in [-0.39, 0.29) is 0 Å². The minimum atomic E-state index is 0.324. The first-order valence-electron chi connectivity index (χ1n) is 5.97. The molecule has 0 saturated carbocycles. The molecule has 2 aromatic carbocycles. The van der Waals surface area contributed by atoms with Crippen LogP contribution in [-0.2, 0) is 0 Å². The van der Waals surface area contributed by atoms with Gasteiger partial charge in [0.25, 0.3) is 0 Å². The second-order valence-electron chi connectivity index (χ2n) is 4.13. The van der Waals surface area contributed by atoms with Crippen LogP contribution in [0.4, 0.5) is 17.1 Å². The average molecular weight is 342 g/mol. The Bertz CT molecular complexity index is 659. The summed E-state index contributed by atoms with van der Waals surface area (Å²) in [6.45, 7) is 0. The summed E-state index contributed by atoms with van der Waals surface area (Å²) in [6, 6.07) is 10.4. The standard InChI is InChI=1S/C14H13Cl2N3OS/c1-20-8-5-6-11(17)12(7-8)18-14(21)19-13-9(15)3-2-4-10(13)16/h2-7H,17H2,1H3,(H2,18,19,21). The fourth-order valence-corrected chi connectivity index (χ4v) is 2.36. The molecule has 0 aliphatic rings. The van der Waals surface area contributed by atoms with E-state index in [1.54, 1.807) is 43.5 Å². The fraction of sp³-hybridized carbons (Fsp3) is 0.0714. The van der Waals surface area contributed by atoms with Gasteiger partial charge in [0.05, 0.1) is 34.2 Å². The predicted octanol–water partition coefficient (Wildman–Crippen LogP) is 4.39. The van der Waals surface area contributed by atoms with Crippen LogP contribution in [0.1, 0.15) is 0 Å². The van der Waals surface area contributed by atoms with Gasteiger partial charge in [-0.2, -0.15) is 0 Å². The molecule has 0 aliphatic carbocycles. The molecule has 2 rings (SSSR count). The maximum Gasteiger partial charge on any atom is 0.175 e. The van der Waals surface area contributed by atoms with Crippen LogP contribution in [-0.4, -0.2) is 12.2 Å². The van der Waals surface area contributed by atoms with Gasteiger partial charge in [0.1, 0.15) is 5.75 Å². The highest BCUT2D eigenvalue weighted by Crippen LogP contribution is 2.30. The summed E-state index contributed by atoms with van der Waals surface area (Å²) in [7, 11) is 1.58. The van der Waals surface area contributed by atoms with Crippen molar-refractivity contribution in [3.05, 3.63) is 46.4 Å². The summed E-state index contributed by atoms with van der Waals surface area (Å²) in [4.78, 5) is 0. The van der Waals surface area contributed by atoms with E-state index in [0.717, 1.165) is 0 Å². The van der Waals surface area contributed by atoms with Crippen molar-refractivity contribution < 1.29 is 4.74 Å². The van der Waals surface area contributed by atoms with Crippen molar-refractivity contribution in [2.75, 3.05) is 23.5 Å². The van der Waals surface area contributed by atoms with Gasteiger partial charge >= 0.3 is 0 Å². The average Bonchev–Trinajstić information content (AvgIpc) is 2.45. The summed E-state index contributed by atoms with van der Waals surface area (Å²) < 4.78 is 5.15. The molecule has 2 aromatic rings. The Kier molecular flexibility index (Phi) is 5.12. The van der Waals surface area contributed by atoms with Crippen LogP contribution in [0.25, 0.3) is 0 Å². The molecule has 0 bridgehead atoms. The molecule has 0 aromatic heterocycles. The van der Waals surface area contributed by atoms with Crippen molar-refractivity contribution in [1.82, 2.24) is 0 Å². The molecule has 0 amide bonds. The number of nitrogen functional groups attached to an aromatic ring is 1. The first-order valence-corrected chi connectivity index (χ1v) is 7.13. The Morgan fingerprint density at radius 2 is 1.81 bits per heavy atom. The zero-order valence-corrected chi connectivity index (χ0v) is 13.4. The molecule has 0 heterocycles. The third-order valence-electron chi connectivity index (χ3n) is 2.71. The molecule has 0 unspecified atom stereocenters. The highest BCUT2D eigenvalue weighted by Gasteiger charge is 2.09. The van der Waals surface area contributed by atoms with Gasteiger partial charge in [-0.15, -0.1) is 0 Å². The first-order chi connectivity index (χ1) is 10.0. The van der Waals surface area contributed by atoms with Crippen LogP contribution in [0.5, 0.6) is 5.75 Å². The lowest BCUT2D eigenvalue weighted by Gasteiger charge is -2.15. The largest absolute Gasteiger partial charge is 0.497 e. The van der Waals surface area contributed by atoms with E-state index in [1.807, 2.05) is 0 Å². The van der Waals surface area contributed by atoms with Crippen molar-refractivity contribution in [3.63, 3.8) is 0 Å². The summed E-state index contributed by atoms with van der Waals surface area (Å²) in [5, 5.41) is 7.22. The number of hydrogen-bond donors (Lipinski definition) is 3. The molecule has 0 atom stereocenters. The van der Waals surface area contributed by atoms with Gasteiger partial charge in [-0.3, -0.25) is 0 Å². The van der Waals surface area contributed by atoms with E-state index in [4.69, 9.17) is 45.9 Å². The summed E-state index contributed by atoms with van der Waals surface area (Å²) in [6.07, 6.45) is 0. The highest BCUT2D eigenvalue weighted by atomic mass is 35.5. The molecule has 0 spiro atoms. The van der Waals surface area contributed by atoms with Gasteiger partial charge in [-0.25, -0.2) is 0 Å². The number of benzene rings is 2. The van der Waals surface area contributed by atoms with Gasteiger partial charge in [-0.05, 0) is 36.5 Å².